The van der Waals surface area contributed by atoms with Crippen LogP contribution in [0.15, 0.2) is 0 Å². The number of carbonyl (C=O) groups is 1. The minimum absolute atomic E-state index is 0.00199. The number of hydrogen-bond acceptors (Lipinski definition) is 5. The van der Waals surface area contributed by atoms with Crippen molar-refractivity contribution in [2.75, 3.05) is 13.7 Å². The molecule has 0 spiro atoms. The maximum atomic E-state index is 11.9. The lowest BCUT2D eigenvalue weighted by atomic mass is 9.90. The van der Waals surface area contributed by atoms with Gasteiger partial charge in [0.1, 0.15) is 0 Å². The molecular formula is C13H23N3O3. The summed E-state index contributed by atoms with van der Waals surface area (Å²) in [5, 5.41) is 8.03. The average Bonchev–Trinajstić information content (AvgIpc) is 2.72. The zero-order valence-corrected chi connectivity index (χ0v) is 12.6. The molecule has 1 rings (SSSR count). The lowest BCUT2D eigenvalue weighted by Crippen LogP contribution is -2.26. The molecule has 0 aliphatic carbocycles. The van der Waals surface area contributed by atoms with E-state index in [4.69, 9.17) is 9.47 Å². The van der Waals surface area contributed by atoms with Gasteiger partial charge >= 0.3 is 5.97 Å². The molecule has 1 aromatic heterocycles. The molecule has 0 N–H and O–H groups in total. The Hall–Kier alpha value is -1.43. The van der Waals surface area contributed by atoms with E-state index in [-0.39, 0.29) is 17.2 Å². The minimum atomic E-state index is -0.427. The summed E-state index contributed by atoms with van der Waals surface area (Å²) in [6.45, 7) is 10.6. The van der Waals surface area contributed by atoms with Gasteiger partial charge in [0.2, 0.25) is 0 Å². The highest BCUT2D eigenvalue weighted by atomic mass is 16.5. The van der Waals surface area contributed by atoms with E-state index in [0.29, 0.717) is 13.2 Å². The van der Waals surface area contributed by atoms with Gasteiger partial charge in [-0.05, 0) is 13.8 Å². The third-order valence-electron chi connectivity index (χ3n) is 2.75. The Morgan fingerprint density at radius 2 is 2.05 bits per heavy atom. The highest BCUT2D eigenvalue weighted by Gasteiger charge is 2.30. The van der Waals surface area contributed by atoms with Crippen molar-refractivity contribution in [2.24, 2.45) is 0 Å². The van der Waals surface area contributed by atoms with E-state index in [9.17, 15) is 4.79 Å². The molecule has 6 heteroatoms. The summed E-state index contributed by atoms with van der Waals surface area (Å²) in [6.07, 6.45) is -0.00199. The van der Waals surface area contributed by atoms with Crippen LogP contribution in [0.3, 0.4) is 0 Å². The first kappa shape index (κ1) is 15.6. The van der Waals surface area contributed by atoms with Gasteiger partial charge in [-0.2, -0.15) is 0 Å². The van der Waals surface area contributed by atoms with Crippen molar-refractivity contribution in [3.63, 3.8) is 0 Å². The van der Waals surface area contributed by atoms with Gasteiger partial charge in [-0.15, -0.1) is 5.10 Å². The highest BCUT2D eigenvalue weighted by molar-refractivity contribution is 5.88. The number of nitrogens with zero attached hydrogens (tertiary/aromatic N) is 3. The van der Waals surface area contributed by atoms with Crippen LogP contribution in [0.4, 0.5) is 0 Å². The lowest BCUT2D eigenvalue weighted by molar-refractivity contribution is 0.0515. The predicted octanol–water partition coefficient (Wildman–Crippen LogP) is 1.79. The largest absolute Gasteiger partial charge is 0.461 e. The minimum Gasteiger partial charge on any atom is -0.461 e. The van der Waals surface area contributed by atoms with Crippen molar-refractivity contribution < 1.29 is 14.3 Å². The van der Waals surface area contributed by atoms with Crippen molar-refractivity contribution >= 4 is 5.97 Å². The second-order valence-electron chi connectivity index (χ2n) is 5.49. The summed E-state index contributed by atoms with van der Waals surface area (Å²) in [5.41, 5.74) is 0.812. The molecule has 19 heavy (non-hydrogen) atoms. The summed E-state index contributed by atoms with van der Waals surface area (Å²) in [4.78, 5) is 11.9. The van der Waals surface area contributed by atoms with Crippen LogP contribution in [0, 0.1) is 0 Å². The van der Waals surface area contributed by atoms with Gasteiger partial charge in [0.05, 0.1) is 24.9 Å². The summed E-state index contributed by atoms with van der Waals surface area (Å²) in [5.74, 6) is -0.427. The van der Waals surface area contributed by atoms with Gasteiger partial charge in [-0.1, -0.05) is 26.0 Å². The molecule has 1 atom stereocenters. The van der Waals surface area contributed by atoms with E-state index in [1.165, 1.54) is 0 Å². The fraction of sp³-hybridized carbons (Fsp3) is 0.769. The van der Waals surface area contributed by atoms with Gasteiger partial charge in [-0.25, -0.2) is 9.48 Å². The second kappa shape index (κ2) is 6.14. The second-order valence-corrected chi connectivity index (χ2v) is 5.49. The van der Waals surface area contributed by atoms with Crippen molar-refractivity contribution in [1.29, 1.82) is 0 Å². The Labute approximate surface area is 114 Å². The first-order chi connectivity index (χ1) is 8.81. The average molecular weight is 269 g/mol. The number of carbonyl (C=O) groups excluding carboxylic acids is 1. The molecule has 0 aromatic carbocycles. The molecule has 1 heterocycles. The zero-order chi connectivity index (χ0) is 14.6. The fourth-order valence-corrected chi connectivity index (χ4v) is 1.84. The van der Waals surface area contributed by atoms with E-state index in [2.05, 4.69) is 10.3 Å². The molecule has 1 unspecified atom stereocenters. The smallest absolute Gasteiger partial charge is 0.360 e. The Morgan fingerprint density at radius 1 is 1.42 bits per heavy atom. The van der Waals surface area contributed by atoms with Crippen LogP contribution < -0.4 is 0 Å². The first-order valence-corrected chi connectivity index (χ1v) is 6.45. The maximum Gasteiger partial charge on any atom is 0.360 e. The molecule has 0 amide bonds. The molecule has 0 bridgehead atoms. The van der Waals surface area contributed by atoms with Gasteiger partial charge in [0.15, 0.2) is 5.69 Å². The monoisotopic (exact) mass is 269 g/mol. The number of ether oxygens (including phenoxy) is 2. The third kappa shape index (κ3) is 3.76. The molecule has 0 saturated carbocycles. The van der Waals surface area contributed by atoms with E-state index in [0.717, 1.165) is 5.69 Å². The van der Waals surface area contributed by atoms with E-state index < -0.39 is 5.97 Å². The molecule has 1 aromatic rings. The van der Waals surface area contributed by atoms with Crippen LogP contribution in [0.2, 0.25) is 0 Å². The molecule has 6 nitrogen and oxygen atoms in total. The number of aromatic nitrogens is 3. The number of rotatable bonds is 5. The lowest BCUT2D eigenvalue weighted by Gasteiger charge is -2.22. The molecule has 0 saturated heterocycles. The highest BCUT2D eigenvalue weighted by Crippen LogP contribution is 2.25. The maximum absolute atomic E-state index is 11.9. The molecule has 108 valence electrons. The fourth-order valence-electron chi connectivity index (χ4n) is 1.84. The van der Waals surface area contributed by atoms with Gasteiger partial charge in [0.25, 0.3) is 0 Å². The van der Waals surface area contributed by atoms with Crippen molar-refractivity contribution in [1.82, 2.24) is 15.0 Å². The quantitative estimate of drug-likeness (QED) is 0.762. The van der Waals surface area contributed by atoms with E-state index in [1.807, 2.05) is 27.7 Å². The number of hydrogen-bond donors (Lipinski definition) is 0. The molecule has 0 aliphatic rings. The van der Waals surface area contributed by atoms with Crippen molar-refractivity contribution in [3.05, 3.63) is 11.4 Å². The molecular weight excluding hydrogens is 246 g/mol. The summed E-state index contributed by atoms with van der Waals surface area (Å²) in [6, 6.07) is 0. The zero-order valence-electron chi connectivity index (χ0n) is 12.6. The predicted molar refractivity (Wildman–Crippen MR) is 71.1 cm³/mol. The van der Waals surface area contributed by atoms with Crippen LogP contribution in [-0.4, -0.2) is 40.8 Å². The van der Waals surface area contributed by atoms with Crippen molar-refractivity contribution in [3.8, 4) is 0 Å². The van der Waals surface area contributed by atoms with Crippen LogP contribution in [0.1, 0.15) is 50.8 Å². The van der Waals surface area contributed by atoms with Crippen LogP contribution in [0.5, 0.6) is 0 Å². The Bertz CT molecular complexity index is 435. The molecule has 0 aliphatic heterocycles. The summed E-state index contributed by atoms with van der Waals surface area (Å²) >= 11 is 0. The Morgan fingerprint density at radius 3 is 2.53 bits per heavy atom. The number of methoxy groups -OCH3 is 1. The first-order valence-electron chi connectivity index (χ1n) is 6.45. The molecule has 0 radical (unpaired) electrons. The molecule has 0 fully saturated rings. The third-order valence-corrected chi connectivity index (χ3v) is 2.75. The Kier molecular flexibility index (Phi) is 5.05. The van der Waals surface area contributed by atoms with Gasteiger partial charge in [0, 0.05) is 12.5 Å². The van der Waals surface area contributed by atoms with Crippen molar-refractivity contribution in [2.45, 2.75) is 52.7 Å². The topological polar surface area (TPSA) is 66.2 Å². The standard InChI is InChI=1S/C13H23N3O3/c1-7-19-12(17)10-11(13(3,4)5)16(15-14-10)8-9(2)18-6/h9H,7-8H2,1-6H3. The van der Waals surface area contributed by atoms with Gasteiger partial charge in [-0.3, -0.25) is 0 Å². The van der Waals surface area contributed by atoms with Crippen LogP contribution in [-0.2, 0) is 21.4 Å². The SMILES string of the molecule is CCOC(=O)c1nnn(CC(C)OC)c1C(C)(C)C. The van der Waals surface area contributed by atoms with Gasteiger partial charge < -0.3 is 9.47 Å². The Balaban J connectivity index is 3.16. The van der Waals surface area contributed by atoms with E-state index >= 15 is 0 Å². The summed E-state index contributed by atoms with van der Waals surface area (Å²) in [7, 11) is 1.64. The normalized spacial score (nSPS) is 13.4. The van der Waals surface area contributed by atoms with Crippen LogP contribution in [0.25, 0.3) is 0 Å². The van der Waals surface area contributed by atoms with E-state index in [1.54, 1.807) is 18.7 Å². The van der Waals surface area contributed by atoms with Crippen LogP contribution >= 0.6 is 0 Å². The summed E-state index contributed by atoms with van der Waals surface area (Å²) < 4.78 is 12.0. The number of esters is 1.